The molecular formula is C31H34ClFN4O5S. The summed E-state index contributed by atoms with van der Waals surface area (Å²) in [6, 6.07) is 10.8. The molecule has 9 nitrogen and oxygen atoms in total. The van der Waals surface area contributed by atoms with E-state index < -0.39 is 11.9 Å². The fourth-order valence-electron chi connectivity index (χ4n) is 6.31. The number of carbonyl (C=O) groups excluding carboxylic acids is 1. The molecule has 0 saturated carbocycles. The third-order valence-corrected chi connectivity index (χ3v) is 10.2. The molecule has 7 rings (SSSR count). The molecule has 2 aromatic rings. The fourth-order valence-corrected chi connectivity index (χ4v) is 7.67. The van der Waals surface area contributed by atoms with Crippen LogP contribution in [0.15, 0.2) is 52.4 Å². The number of esters is 1. The first kappa shape index (κ1) is 28.8. The minimum atomic E-state index is -0.568. The summed E-state index contributed by atoms with van der Waals surface area (Å²) in [4.78, 5) is 25.0. The van der Waals surface area contributed by atoms with Crippen LogP contribution in [0.2, 0.25) is 5.02 Å². The maximum Gasteiger partial charge on any atom is 0.344 e. The Balaban J connectivity index is 1.04. The molecule has 2 saturated heterocycles. The first-order valence-corrected chi connectivity index (χ1v) is 15.9. The molecule has 2 fully saturated rings. The predicted molar refractivity (Wildman–Crippen MR) is 164 cm³/mol. The van der Waals surface area contributed by atoms with Crippen molar-refractivity contribution >= 4 is 40.9 Å². The monoisotopic (exact) mass is 628 g/mol. The van der Waals surface area contributed by atoms with E-state index in [9.17, 15) is 9.18 Å². The lowest BCUT2D eigenvalue weighted by Crippen LogP contribution is -2.55. The number of aliphatic imine (C=N–C) groups is 1. The number of ether oxygens (including phenoxy) is 4. The Bertz CT molecular complexity index is 1470. The lowest BCUT2D eigenvalue weighted by molar-refractivity contribution is -0.135. The van der Waals surface area contributed by atoms with Crippen molar-refractivity contribution in [2.45, 2.75) is 43.0 Å². The highest BCUT2D eigenvalue weighted by Crippen LogP contribution is 2.45. The molecule has 5 aliphatic heterocycles. The number of hydrogen-bond acceptors (Lipinski definition) is 10. The van der Waals surface area contributed by atoms with Crippen LogP contribution in [0.3, 0.4) is 0 Å². The van der Waals surface area contributed by atoms with Crippen LogP contribution < -0.4 is 14.4 Å². The quantitative estimate of drug-likeness (QED) is 0.412. The number of benzene rings is 2. The van der Waals surface area contributed by atoms with Gasteiger partial charge in [-0.15, -0.1) is 0 Å². The van der Waals surface area contributed by atoms with Crippen LogP contribution >= 0.6 is 23.4 Å². The van der Waals surface area contributed by atoms with Gasteiger partial charge in [-0.1, -0.05) is 35.5 Å². The van der Waals surface area contributed by atoms with Gasteiger partial charge in [-0.05, 0) is 43.7 Å². The lowest BCUT2D eigenvalue weighted by atomic mass is 10.1. The number of nitrogens with zero attached hydrogens (tertiary/aromatic N) is 4. The zero-order chi connectivity index (χ0) is 29.7. The molecule has 0 aliphatic carbocycles. The molecule has 0 aromatic heterocycles. The van der Waals surface area contributed by atoms with E-state index in [0.29, 0.717) is 27.0 Å². The zero-order valence-electron chi connectivity index (χ0n) is 24.1. The van der Waals surface area contributed by atoms with Crippen molar-refractivity contribution in [1.29, 1.82) is 0 Å². The number of carbonyl (C=O) groups is 1. The van der Waals surface area contributed by atoms with E-state index in [4.69, 9.17) is 35.5 Å². The minimum Gasteiger partial charge on any atom is -0.485 e. The zero-order valence-corrected chi connectivity index (χ0v) is 25.7. The molecule has 2 aromatic carbocycles. The van der Waals surface area contributed by atoms with E-state index >= 15 is 0 Å². The number of hydrogen-bond donors (Lipinski definition) is 0. The molecule has 0 radical (unpaired) electrons. The molecule has 0 bridgehead atoms. The van der Waals surface area contributed by atoms with Gasteiger partial charge in [0.25, 0.3) is 0 Å². The van der Waals surface area contributed by atoms with E-state index in [1.807, 2.05) is 24.3 Å². The van der Waals surface area contributed by atoms with Crippen molar-refractivity contribution in [1.82, 2.24) is 9.80 Å². The molecule has 0 spiro atoms. The van der Waals surface area contributed by atoms with Gasteiger partial charge in [0, 0.05) is 49.4 Å². The first-order chi connectivity index (χ1) is 20.9. The van der Waals surface area contributed by atoms with Crippen molar-refractivity contribution in [3.8, 4) is 11.5 Å². The summed E-state index contributed by atoms with van der Waals surface area (Å²) in [6.45, 7) is 7.14. The highest BCUT2D eigenvalue weighted by atomic mass is 35.5. The van der Waals surface area contributed by atoms with E-state index in [0.717, 1.165) is 57.3 Å². The second-order valence-corrected chi connectivity index (χ2v) is 13.0. The Morgan fingerprint density at radius 1 is 1.26 bits per heavy atom. The van der Waals surface area contributed by atoms with E-state index in [2.05, 4.69) is 21.6 Å². The molecule has 0 amide bonds. The van der Waals surface area contributed by atoms with Crippen molar-refractivity contribution < 1.29 is 28.1 Å². The topological polar surface area (TPSA) is 76.1 Å². The summed E-state index contributed by atoms with van der Waals surface area (Å²) in [5.41, 5.74) is 1.37. The molecule has 5 atom stereocenters. The Hall–Kier alpha value is -2.99. The van der Waals surface area contributed by atoms with Crippen molar-refractivity contribution in [3.05, 3.63) is 63.8 Å². The Kier molecular flexibility index (Phi) is 7.92. The molecule has 5 aliphatic rings. The number of halogens is 2. The number of thioether (sulfide) groups is 1. The second kappa shape index (κ2) is 11.8. The third-order valence-electron chi connectivity index (χ3n) is 8.78. The lowest BCUT2D eigenvalue weighted by Gasteiger charge is -2.43. The van der Waals surface area contributed by atoms with Crippen LogP contribution in [0.1, 0.15) is 25.0 Å². The van der Waals surface area contributed by atoms with Gasteiger partial charge in [0.2, 0.25) is 0 Å². The highest BCUT2D eigenvalue weighted by molar-refractivity contribution is 8.04. The van der Waals surface area contributed by atoms with Crippen LogP contribution in [0.4, 0.5) is 10.1 Å². The average Bonchev–Trinajstić information content (AvgIpc) is 3.53. The van der Waals surface area contributed by atoms with Gasteiger partial charge in [-0.3, -0.25) is 9.89 Å². The van der Waals surface area contributed by atoms with E-state index in [-0.39, 0.29) is 36.1 Å². The van der Waals surface area contributed by atoms with Gasteiger partial charge < -0.3 is 28.7 Å². The molecule has 5 heterocycles. The van der Waals surface area contributed by atoms with Gasteiger partial charge >= 0.3 is 5.97 Å². The third kappa shape index (κ3) is 5.56. The molecule has 3 unspecified atom stereocenters. The summed E-state index contributed by atoms with van der Waals surface area (Å²) in [5, 5.41) is 0.297. The van der Waals surface area contributed by atoms with Crippen LogP contribution in [-0.2, 0) is 14.3 Å². The molecule has 12 heteroatoms. The summed E-state index contributed by atoms with van der Waals surface area (Å²) in [7, 11) is 1.41. The Morgan fingerprint density at radius 3 is 2.86 bits per heavy atom. The Labute approximate surface area is 259 Å². The second-order valence-electron chi connectivity index (χ2n) is 11.5. The van der Waals surface area contributed by atoms with Crippen LogP contribution in [0.25, 0.3) is 0 Å². The van der Waals surface area contributed by atoms with Crippen LogP contribution in [0, 0.1) is 5.82 Å². The van der Waals surface area contributed by atoms with Crippen molar-refractivity contribution in [2.75, 3.05) is 57.9 Å². The smallest absolute Gasteiger partial charge is 0.344 e. The number of rotatable bonds is 7. The maximum atomic E-state index is 14.7. The van der Waals surface area contributed by atoms with Crippen LogP contribution in [0.5, 0.6) is 11.5 Å². The summed E-state index contributed by atoms with van der Waals surface area (Å²) >= 11 is 7.45. The minimum absolute atomic E-state index is 0.0290. The van der Waals surface area contributed by atoms with Gasteiger partial charge in [0.1, 0.15) is 23.6 Å². The number of anilines is 1. The summed E-state index contributed by atoms with van der Waals surface area (Å²) in [6.07, 6.45) is 2.66. The largest absolute Gasteiger partial charge is 0.485 e. The molecule has 43 heavy (non-hydrogen) atoms. The molecular weight excluding hydrogens is 595 g/mol. The van der Waals surface area contributed by atoms with Crippen molar-refractivity contribution in [3.63, 3.8) is 0 Å². The molecule has 228 valence electrons. The maximum absolute atomic E-state index is 14.7. The van der Waals surface area contributed by atoms with Gasteiger partial charge in [-0.25, -0.2) is 9.18 Å². The van der Waals surface area contributed by atoms with Gasteiger partial charge in [0.15, 0.2) is 17.6 Å². The van der Waals surface area contributed by atoms with Gasteiger partial charge in [0.05, 0.1) is 36.4 Å². The standard InChI is InChI=1S/C31H34ClFN4O5S/c1-18-14-36(23-4-3-5-25-29(23)42-26(17-41-25)21-7-6-19(32)12-22(21)33)10-9-35(18)16-28-34-30-24(13-27(43-30)31(38)39-2)37(28)15-20-8-11-40-20/h3-7,12-13,18,20,24,26,30H,8-11,14-17H2,1-2H3/t18-,20-,24?,26?,30?/m0/s1. The number of amidine groups is 1. The SMILES string of the molecule is COC(=O)C1=CC2C(N=C(CN3CCN(c4cccc5c4OC(c4ccc(Cl)cc4F)CO5)C[C@@H]3C)N2C[C@@H]2CCO2)S1. The summed E-state index contributed by atoms with van der Waals surface area (Å²) < 4.78 is 37.9. The number of piperazine rings is 1. The normalized spacial score (nSPS) is 28.2. The van der Waals surface area contributed by atoms with Crippen LogP contribution in [-0.4, -0.2) is 98.2 Å². The van der Waals surface area contributed by atoms with E-state index in [1.54, 1.807) is 12.1 Å². The number of para-hydroxylation sites is 1. The highest BCUT2D eigenvalue weighted by Gasteiger charge is 2.44. The number of methoxy groups -OCH3 is 1. The number of fused-ring (bicyclic) bond motifs is 2. The summed E-state index contributed by atoms with van der Waals surface area (Å²) in [5.74, 6) is 1.63. The van der Waals surface area contributed by atoms with Gasteiger partial charge in [-0.2, -0.15) is 0 Å². The average molecular weight is 629 g/mol. The Morgan fingerprint density at radius 2 is 2.12 bits per heavy atom. The van der Waals surface area contributed by atoms with Crippen molar-refractivity contribution in [2.24, 2.45) is 4.99 Å². The fraction of sp³-hybridized carbons (Fsp3) is 0.484. The predicted octanol–water partition coefficient (Wildman–Crippen LogP) is 4.50. The van der Waals surface area contributed by atoms with E-state index in [1.165, 1.54) is 24.9 Å². The first-order valence-electron chi connectivity index (χ1n) is 14.7. The molecule has 0 N–H and O–H groups in total.